The number of methoxy groups -OCH3 is 6. The maximum absolute atomic E-state index is 14.8. The Bertz CT molecular complexity index is 4370. The van der Waals surface area contributed by atoms with E-state index in [0.717, 1.165) is 44.9 Å². The lowest BCUT2D eigenvalue weighted by molar-refractivity contribution is -0.138. The van der Waals surface area contributed by atoms with Crippen molar-refractivity contribution in [2.45, 2.75) is 87.9 Å². The van der Waals surface area contributed by atoms with Gasteiger partial charge in [0.05, 0.1) is 79.5 Å². The summed E-state index contributed by atoms with van der Waals surface area (Å²) in [4.78, 5) is 59.0. The zero-order valence-electron chi connectivity index (χ0n) is 57.3. The maximum atomic E-state index is 14.8. The van der Waals surface area contributed by atoms with E-state index in [0.29, 0.717) is 105 Å². The van der Waals surface area contributed by atoms with Gasteiger partial charge in [0.1, 0.15) is 34.5 Å². The average Bonchev–Trinajstić information content (AvgIpc) is 1.66. The van der Waals surface area contributed by atoms with E-state index in [4.69, 9.17) is 56.8 Å². The van der Waals surface area contributed by atoms with E-state index in [1.807, 2.05) is 158 Å². The van der Waals surface area contributed by atoms with E-state index in [-0.39, 0.29) is 71.7 Å². The molecule has 4 aliphatic carbocycles. The van der Waals surface area contributed by atoms with Crippen LogP contribution in [0.3, 0.4) is 0 Å². The van der Waals surface area contributed by atoms with Gasteiger partial charge in [-0.25, -0.2) is 0 Å². The Morgan fingerprint density at radius 3 is 0.720 bits per heavy atom. The smallest absolute Gasteiger partial charge is 0.315 e. The summed E-state index contributed by atoms with van der Waals surface area (Å²) in [5, 5.41) is 3.52. The lowest BCUT2D eigenvalue weighted by Gasteiger charge is -2.20. The molecule has 0 saturated heterocycles. The van der Waals surface area contributed by atoms with Crippen LogP contribution >= 0.6 is 0 Å². The third kappa shape index (κ3) is 14.3. The normalized spacial score (nSPS) is 19.9. The third-order valence-electron chi connectivity index (χ3n) is 20.5. The molecule has 0 aliphatic heterocycles. The first kappa shape index (κ1) is 66.5. The van der Waals surface area contributed by atoms with E-state index in [9.17, 15) is 19.2 Å². The highest BCUT2D eigenvalue weighted by Gasteiger charge is 2.49. The maximum Gasteiger partial charge on any atom is 0.315 e. The fourth-order valence-corrected chi connectivity index (χ4v) is 13.9. The molecule has 0 bridgehead atoms. The molecule has 512 valence electrons. The molecule has 10 aromatic carbocycles. The first-order valence-corrected chi connectivity index (χ1v) is 34.2. The first-order valence-electron chi connectivity index (χ1n) is 34.2. The molecule has 0 N–H and O–H groups in total. The summed E-state index contributed by atoms with van der Waals surface area (Å²) in [5.41, 5.74) is 6.11. The fraction of sp³-hybridized carbons (Fsp3) is 0.310. The van der Waals surface area contributed by atoms with Crippen molar-refractivity contribution < 1.29 is 76.0 Å². The number of benzene rings is 10. The molecular weight excluding hydrogens is 1260 g/mol. The largest absolute Gasteiger partial charge is 0.497 e. The molecule has 0 radical (unpaired) electrons. The van der Waals surface area contributed by atoms with Gasteiger partial charge in [0.2, 0.25) is 0 Å². The van der Waals surface area contributed by atoms with Crippen molar-refractivity contribution in [2.24, 2.45) is 23.7 Å². The lowest BCUT2D eigenvalue weighted by atomic mass is 9.93. The summed E-state index contributed by atoms with van der Waals surface area (Å²) in [5.74, 6) is 1.28. The molecule has 14 rings (SSSR count). The molecule has 0 amide bonds. The number of hydrogen-bond acceptors (Lipinski definition) is 16. The van der Waals surface area contributed by atoms with Crippen LogP contribution in [0.2, 0.25) is 0 Å². The quantitative estimate of drug-likeness (QED) is 0.0257. The number of ether oxygens (including phenoxy) is 12. The van der Waals surface area contributed by atoms with Crippen molar-refractivity contribution in [3.05, 3.63) is 215 Å². The zero-order chi connectivity index (χ0) is 69.3. The van der Waals surface area contributed by atoms with E-state index < -0.39 is 47.5 Å². The zero-order valence-corrected chi connectivity index (χ0v) is 57.3. The van der Waals surface area contributed by atoms with Crippen molar-refractivity contribution in [1.82, 2.24) is 0 Å². The summed E-state index contributed by atoms with van der Waals surface area (Å²) < 4.78 is 72.7. The van der Waals surface area contributed by atoms with Gasteiger partial charge in [-0.3, -0.25) is 19.2 Å². The van der Waals surface area contributed by atoms with Gasteiger partial charge < -0.3 is 56.8 Å². The van der Waals surface area contributed by atoms with Gasteiger partial charge in [-0.05, 0) is 249 Å². The molecule has 10 atom stereocenters. The molecule has 100 heavy (non-hydrogen) atoms. The number of rotatable bonds is 28. The molecule has 4 fully saturated rings. The van der Waals surface area contributed by atoms with Gasteiger partial charge in [-0.1, -0.05) is 86.6 Å². The van der Waals surface area contributed by atoms with Crippen LogP contribution in [0.15, 0.2) is 182 Å². The van der Waals surface area contributed by atoms with Gasteiger partial charge in [0.15, 0.2) is 34.5 Å². The van der Waals surface area contributed by atoms with Gasteiger partial charge >= 0.3 is 23.9 Å². The lowest BCUT2D eigenvalue weighted by Crippen LogP contribution is -2.15. The van der Waals surface area contributed by atoms with Crippen molar-refractivity contribution in [3.63, 3.8) is 0 Å². The van der Waals surface area contributed by atoms with Gasteiger partial charge in [0.25, 0.3) is 0 Å². The molecule has 16 nitrogen and oxygen atoms in total. The van der Waals surface area contributed by atoms with Gasteiger partial charge in [-0.2, -0.15) is 0 Å². The topological polar surface area (TPSA) is 179 Å². The molecule has 10 aromatic rings. The second-order valence-corrected chi connectivity index (χ2v) is 26.7. The van der Waals surface area contributed by atoms with Crippen LogP contribution in [0.4, 0.5) is 0 Å². The highest BCUT2D eigenvalue weighted by atomic mass is 16.6. The fourth-order valence-electron chi connectivity index (χ4n) is 13.9. The predicted molar refractivity (Wildman–Crippen MR) is 380 cm³/mol. The molecular formula is C84H80O16. The van der Waals surface area contributed by atoms with Crippen LogP contribution in [0, 0.1) is 23.7 Å². The minimum atomic E-state index is -0.503. The van der Waals surface area contributed by atoms with Crippen LogP contribution in [0.1, 0.15) is 121 Å². The van der Waals surface area contributed by atoms with Crippen LogP contribution in [-0.4, -0.2) is 79.7 Å². The summed E-state index contributed by atoms with van der Waals surface area (Å²) >= 11 is 0. The Morgan fingerprint density at radius 2 is 0.500 bits per heavy atom. The van der Waals surface area contributed by atoms with Crippen molar-refractivity contribution in [1.29, 1.82) is 0 Å². The minimum Gasteiger partial charge on any atom is -0.497 e. The molecule has 4 aliphatic rings. The summed E-state index contributed by atoms with van der Waals surface area (Å²) in [6, 6.07) is 57.5. The van der Waals surface area contributed by atoms with Crippen LogP contribution in [0.25, 0.3) is 32.3 Å². The second-order valence-electron chi connectivity index (χ2n) is 26.7. The SMILES string of the molecule is COc1ccc(C(C)CCOc2cc3c4cc(OCCC(C)c5ccc(OC)cc5)c(OC(=O)C5CC5c5ccc(OC)cc5)cc4c4cc(OC(=O)C5CC5c5ccc(OC)cc5)c(OC(=O)C5CC5c5ccc(OC)cc5)cc4c3cc2OC(=O)C2CC2c2ccc(OC)cc2)cc1. The molecule has 0 aromatic heterocycles. The minimum absolute atomic E-state index is 0.0103. The Labute approximate surface area is 581 Å². The summed E-state index contributed by atoms with van der Waals surface area (Å²) in [6.07, 6.45) is 3.43. The number of esters is 4. The van der Waals surface area contributed by atoms with Crippen LogP contribution in [0.5, 0.6) is 69.0 Å². The number of hydrogen-bond donors (Lipinski definition) is 0. The van der Waals surface area contributed by atoms with E-state index in [2.05, 4.69) is 13.8 Å². The summed E-state index contributed by atoms with van der Waals surface area (Å²) in [7, 11) is 9.73. The number of carbonyl (C=O) groups excluding carboxylic acids is 4. The standard InChI is InChI=1S/C84H80O16/c1-47(49-9-21-55(89-3)22-10-49)33-35-95-75-41-65-66-42-76(96-36-34-48(2)50-11-23-56(90-4)24-12-50)78(98-82(86)72-38-62(72)52-15-27-58(92-6)28-16-52)44-68(66)70-46-80(100-84(88)74-40-64(74)54-19-31-60(94-8)32-20-54)79(99-83(87)73-39-63(73)53-17-29-59(93-7)30-18-53)45-69(70)67(65)43-77(75)97-81(85)71-37-61(71)51-13-25-57(91-5)26-14-51/h9-32,41-48,61-64,71-74H,33-40H2,1-8H3. The Hall–Kier alpha value is -10.7. The average molecular weight is 1350 g/mol. The summed E-state index contributed by atoms with van der Waals surface area (Å²) in [6.45, 7) is 4.74. The Kier molecular flexibility index (Phi) is 19.0. The molecule has 4 saturated carbocycles. The van der Waals surface area contributed by atoms with E-state index >= 15 is 0 Å². The highest BCUT2D eigenvalue weighted by Crippen LogP contribution is 2.55. The van der Waals surface area contributed by atoms with E-state index in [1.54, 1.807) is 66.9 Å². The Morgan fingerprint density at radius 1 is 0.300 bits per heavy atom. The van der Waals surface area contributed by atoms with Crippen molar-refractivity contribution in [2.75, 3.05) is 55.9 Å². The van der Waals surface area contributed by atoms with E-state index in [1.165, 1.54) is 0 Å². The monoisotopic (exact) mass is 1340 g/mol. The first-order chi connectivity index (χ1) is 48.7. The molecule has 16 heteroatoms. The van der Waals surface area contributed by atoms with Crippen LogP contribution < -0.4 is 56.8 Å². The van der Waals surface area contributed by atoms with Gasteiger partial charge in [0, 0.05) is 0 Å². The predicted octanol–water partition coefficient (Wildman–Crippen LogP) is 17.2. The molecule has 0 heterocycles. The number of fused-ring (bicyclic) bond motifs is 6. The number of carbonyl (C=O) groups is 4. The van der Waals surface area contributed by atoms with Crippen molar-refractivity contribution in [3.8, 4) is 69.0 Å². The van der Waals surface area contributed by atoms with Crippen molar-refractivity contribution >= 4 is 56.2 Å². The Balaban J connectivity index is 0.914. The molecule has 10 unspecified atom stereocenters. The second kappa shape index (κ2) is 28.6. The highest BCUT2D eigenvalue weighted by molar-refractivity contribution is 6.27. The van der Waals surface area contributed by atoms with Crippen LogP contribution in [-0.2, 0) is 19.2 Å². The third-order valence-corrected chi connectivity index (χ3v) is 20.5. The molecule has 0 spiro atoms. The van der Waals surface area contributed by atoms with Gasteiger partial charge in [-0.15, -0.1) is 0 Å².